The summed E-state index contributed by atoms with van der Waals surface area (Å²) in [6, 6.07) is 19.0. The molecule has 3 heteroatoms. The molecule has 0 bridgehead atoms. The van der Waals surface area contributed by atoms with Crippen molar-refractivity contribution >= 4 is 16.6 Å². The number of carbonyl (C=O) groups excluding carboxylic acids is 1. The van der Waals surface area contributed by atoms with Gasteiger partial charge in [0, 0.05) is 17.0 Å². The third-order valence-electron chi connectivity index (χ3n) is 3.29. The summed E-state index contributed by atoms with van der Waals surface area (Å²) in [5.41, 5.74) is 0.416. The molecule has 0 aromatic heterocycles. The summed E-state index contributed by atoms with van der Waals surface area (Å²) in [4.78, 5) is 11.9. The first kappa shape index (κ1) is 14.0. The Labute approximate surface area is 127 Å². The molecule has 0 heterocycles. The van der Waals surface area contributed by atoms with Crippen molar-refractivity contribution in [1.29, 1.82) is 0 Å². The number of carbonyl (C=O) groups is 1. The Kier molecular flexibility index (Phi) is 3.97. The van der Waals surface area contributed by atoms with Crippen LogP contribution in [0.5, 0.6) is 5.75 Å². The van der Waals surface area contributed by atoms with Crippen molar-refractivity contribution in [2.75, 3.05) is 0 Å². The summed E-state index contributed by atoms with van der Waals surface area (Å²) in [7, 11) is 0. The van der Waals surface area contributed by atoms with Crippen LogP contribution in [0.1, 0.15) is 10.4 Å². The molecular weight excluding hydrogens is 279 g/mol. The zero-order chi connectivity index (χ0) is 15.4. The first-order valence-electron chi connectivity index (χ1n) is 6.85. The molecule has 0 radical (unpaired) electrons. The van der Waals surface area contributed by atoms with Crippen molar-refractivity contribution in [2.24, 2.45) is 0 Å². The molecule has 0 N–H and O–H groups in total. The van der Waals surface area contributed by atoms with E-state index in [1.165, 1.54) is 36.6 Å². The Morgan fingerprint density at radius 1 is 0.909 bits per heavy atom. The zero-order valence-electron chi connectivity index (χ0n) is 11.7. The second-order valence-electron chi connectivity index (χ2n) is 4.77. The van der Waals surface area contributed by atoms with Crippen molar-refractivity contribution in [1.82, 2.24) is 0 Å². The van der Waals surface area contributed by atoms with Gasteiger partial charge in [0.25, 0.3) is 0 Å². The number of ketones is 1. The molecule has 0 atom stereocenters. The summed E-state index contributed by atoms with van der Waals surface area (Å²) in [6.07, 6.45) is 2.68. The Morgan fingerprint density at radius 2 is 1.64 bits per heavy atom. The summed E-state index contributed by atoms with van der Waals surface area (Å²) in [5, 5.41) is 2.04. The van der Waals surface area contributed by atoms with Gasteiger partial charge in [-0.1, -0.05) is 36.4 Å². The van der Waals surface area contributed by atoms with Gasteiger partial charge in [0.1, 0.15) is 11.6 Å². The largest absolute Gasteiger partial charge is 0.464 e. The SMILES string of the molecule is O=C(C=COc1cccc2ccccc12)c1ccc(F)cc1. The second kappa shape index (κ2) is 6.22. The lowest BCUT2D eigenvalue weighted by Crippen LogP contribution is -1.95. The van der Waals surface area contributed by atoms with Crippen molar-refractivity contribution in [3.8, 4) is 5.75 Å². The van der Waals surface area contributed by atoms with E-state index in [0.29, 0.717) is 11.3 Å². The maximum Gasteiger partial charge on any atom is 0.188 e. The lowest BCUT2D eigenvalue weighted by Gasteiger charge is -2.04. The summed E-state index contributed by atoms with van der Waals surface area (Å²) < 4.78 is 18.4. The lowest BCUT2D eigenvalue weighted by molar-refractivity contribution is 0.104. The van der Waals surface area contributed by atoms with Crippen LogP contribution in [0.4, 0.5) is 4.39 Å². The number of fused-ring (bicyclic) bond motifs is 1. The molecule has 0 spiro atoms. The van der Waals surface area contributed by atoms with E-state index in [4.69, 9.17) is 4.74 Å². The van der Waals surface area contributed by atoms with Gasteiger partial charge in [-0.3, -0.25) is 4.79 Å². The second-order valence-corrected chi connectivity index (χ2v) is 4.77. The molecule has 0 saturated carbocycles. The normalized spacial score (nSPS) is 11.0. The minimum Gasteiger partial charge on any atom is -0.464 e. The molecule has 0 aliphatic carbocycles. The van der Waals surface area contributed by atoms with Gasteiger partial charge in [-0.05, 0) is 35.7 Å². The summed E-state index contributed by atoms with van der Waals surface area (Å²) >= 11 is 0. The summed E-state index contributed by atoms with van der Waals surface area (Å²) in [5.74, 6) is 0.0778. The predicted molar refractivity (Wildman–Crippen MR) is 84.4 cm³/mol. The van der Waals surface area contributed by atoms with Crippen LogP contribution in [-0.4, -0.2) is 5.78 Å². The molecule has 0 aliphatic rings. The predicted octanol–water partition coefficient (Wildman–Crippen LogP) is 4.75. The number of halogens is 1. The Hall–Kier alpha value is -2.94. The number of rotatable bonds is 4. The molecule has 3 aromatic rings. The van der Waals surface area contributed by atoms with E-state index in [0.717, 1.165) is 10.8 Å². The Balaban J connectivity index is 1.76. The fraction of sp³-hybridized carbons (Fsp3) is 0. The molecule has 3 aromatic carbocycles. The topological polar surface area (TPSA) is 26.3 Å². The Morgan fingerprint density at radius 3 is 2.45 bits per heavy atom. The van der Waals surface area contributed by atoms with Gasteiger partial charge in [-0.15, -0.1) is 0 Å². The third-order valence-corrected chi connectivity index (χ3v) is 3.29. The van der Waals surface area contributed by atoms with Gasteiger partial charge in [0.15, 0.2) is 5.78 Å². The van der Waals surface area contributed by atoms with Crippen LogP contribution < -0.4 is 4.74 Å². The molecule has 0 saturated heterocycles. The highest BCUT2D eigenvalue weighted by atomic mass is 19.1. The first-order valence-corrected chi connectivity index (χ1v) is 6.85. The fourth-order valence-corrected chi connectivity index (χ4v) is 2.18. The zero-order valence-corrected chi connectivity index (χ0v) is 11.7. The fourth-order valence-electron chi connectivity index (χ4n) is 2.18. The average Bonchev–Trinajstić information content (AvgIpc) is 2.55. The number of ether oxygens (including phenoxy) is 1. The number of allylic oxidation sites excluding steroid dienone is 1. The van der Waals surface area contributed by atoms with E-state index >= 15 is 0 Å². The molecule has 2 nitrogen and oxygen atoms in total. The number of hydrogen-bond acceptors (Lipinski definition) is 2. The molecule has 22 heavy (non-hydrogen) atoms. The summed E-state index contributed by atoms with van der Waals surface area (Å²) in [6.45, 7) is 0. The van der Waals surface area contributed by atoms with E-state index in [9.17, 15) is 9.18 Å². The first-order chi connectivity index (χ1) is 10.7. The minimum atomic E-state index is -0.368. The Bertz CT molecular complexity index is 830. The standard InChI is InChI=1S/C19H13FO2/c20-16-10-8-15(9-11-16)18(21)12-13-22-19-7-3-5-14-4-1-2-6-17(14)19/h1-13H. The molecule has 3 rings (SSSR count). The van der Waals surface area contributed by atoms with E-state index in [1.807, 2.05) is 42.5 Å². The van der Waals surface area contributed by atoms with Crippen LogP contribution in [0.15, 0.2) is 79.1 Å². The molecule has 0 aliphatic heterocycles. The van der Waals surface area contributed by atoms with Crippen LogP contribution in [0.2, 0.25) is 0 Å². The number of benzene rings is 3. The van der Waals surface area contributed by atoms with Crippen LogP contribution in [0, 0.1) is 5.82 Å². The molecule has 0 amide bonds. The number of hydrogen-bond donors (Lipinski definition) is 0. The van der Waals surface area contributed by atoms with Gasteiger partial charge >= 0.3 is 0 Å². The van der Waals surface area contributed by atoms with Crippen molar-refractivity contribution in [2.45, 2.75) is 0 Å². The lowest BCUT2D eigenvalue weighted by atomic mass is 10.1. The smallest absolute Gasteiger partial charge is 0.188 e. The van der Waals surface area contributed by atoms with E-state index in [2.05, 4.69) is 0 Å². The quantitative estimate of drug-likeness (QED) is 0.394. The third kappa shape index (κ3) is 3.04. The van der Waals surface area contributed by atoms with Crippen molar-refractivity contribution in [3.63, 3.8) is 0 Å². The van der Waals surface area contributed by atoms with Crippen molar-refractivity contribution in [3.05, 3.63) is 90.4 Å². The average molecular weight is 292 g/mol. The van der Waals surface area contributed by atoms with Crippen LogP contribution in [0.3, 0.4) is 0 Å². The van der Waals surface area contributed by atoms with Crippen LogP contribution in [-0.2, 0) is 0 Å². The highest BCUT2D eigenvalue weighted by molar-refractivity contribution is 6.04. The van der Waals surface area contributed by atoms with Gasteiger partial charge in [0.2, 0.25) is 0 Å². The van der Waals surface area contributed by atoms with E-state index in [1.54, 1.807) is 0 Å². The molecule has 0 unspecified atom stereocenters. The van der Waals surface area contributed by atoms with Gasteiger partial charge < -0.3 is 4.74 Å². The van der Waals surface area contributed by atoms with Crippen molar-refractivity contribution < 1.29 is 13.9 Å². The maximum absolute atomic E-state index is 12.8. The van der Waals surface area contributed by atoms with E-state index < -0.39 is 0 Å². The highest BCUT2D eigenvalue weighted by Crippen LogP contribution is 2.25. The van der Waals surface area contributed by atoms with Crippen LogP contribution >= 0.6 is 0 Å². The minimum absolute atomic E-state index is 0.236. The van der Waals surface area contributed by atoms with Gasteiger partial charge in [0.05, 0.1) is 6.26 Å². The highest BCUT2D eigenvalue weighted by Gasteiger charge is 2.03. The van der Waals surface area contributed by atoms with E-state index in [-0.39, 0.29) is 11.6 Å². The maximum atomic E-state index is 12.8. The van der Waals surface area contributed by atoms with Gasteiger partial charge in [-0.25, -0.2) is 4.39 Å². The van der Waals surface area contributed by atoms with Crippen LogP contribution in [0.25, 0.3) is 10.8 Å². The monoisotopic (exact) mass is 292 g/mol. The molecule has 108 valence electrons. The molecule has 0 fully saturated rings. The van der Waals surface area contributed by atoms with Gasteiger partial charge in [-0.2, -0.15) is 0 Å². The molecular formula is C19H13FO2.